The number of hydrogen-bond donors (Lipinski definition) is 1. The Morgan fingerprint density at radius 2 is 1.96 bits per heavy atom. The van der Waals surface area contributed by atoms with Gasteiger partial charge < -0.3 is 14.5 Å². The number of nitrogens with one attached hydrogen (secondary N) is 1. The molecule has 7 heterocycles. The maximum atomic E-state index is 14.1. The summed E-state index contributed by atoms with van der Waals surface area (Å²) in [5.41, 5.74) is 3.87. The van der Waals surface area contributed by atoms with Crippen LogP contribution in [0.1, 0.15) is 67.6 Å². The van der Waals surface area contributed by atoms with Gasteiger partial charge in [-0.3, -0.25) is 9.97 Å². The van der Waals surface area contributed by atoms with Crippen LogP contribution in [0.5, 0.6) is 0 Å². The lowest BCUT2D eigenvalue weighted by atomic mass is 9.89. The predicted molar refractivity (Wildman–Crippen MR) is 179 cm³/mol. The second-order valence-corrected chi connectivity index (χ2v) is 15.6. The lowest BCUT2D eigenvalue weighted by Crippen LogP contribution is -2.17. The van der Waals surface area contributed by atoms with Gasteiger partial charge in [-0.25, -0.2) is 13.4 Å². The Kier molecular flexibility index (Phi) is 8.50. The minimum Gasteiger partial charge on any atom is -0.421 e. The number of rotatable bonds is 9. The van der Waals surface area contributed by atoms with E-state index in [9.17, 15) is 8.42 Å². The van der Waals surface area contributed by atoms with Gasteiger partial charge in [0, 0.05) is 48.9 Å². The van der Waals surface area contributed by atoms with Crippen LogP contribution >= 0.6 is 11.3 Å². The zero-order valence-corrected chi connectivity index (χ0v) is 28.1. The van der Waals surface area contributed by atoms with Gasteiger partial charge in [-0.2, -0.15) is 5.26 Å². The average molecular weight is 670 g/mol. The van der Waals surface area contributed by atoms with Crippen LogP contribution in [0.15, 0.2) is 46.0 Å². The zero-order chi connectivity index (χ0) is 32.7. The Balaban J connectivity index is 1.39. The number of pyridine rings is 3. The van der Waals surface area contributed by atoms with Gasteiger partial charge in [0.2, 0.25) is 11.8 Å². The highest BCUT2D eigenvalue weighted by Crippen LogP contribution is 2.51. The van der Waals surface area contributed by atoms with Crippen molar-refractivity contribution < 1.29 is 17.6 Å². The molecule has 242 valence electrons. The first-order valence-corrected chi connectivity index (χ1v) is 18.3. The monoisotopic (exact) mass is 669 g/mol. The fourth-order valence-corrected chi connectivity index (χ4v) is 9.98. The van der Waals surface area contributed by atoms with E-state index in [0.717, 1.165) is 58.8 Å². The third-order valence-corrected chi connectivity index (χ3v) is 12.1. The molecule has 0 bridgehead atoms. The molecular formula is C34H35N7O4S2. The topological polar surface area (TPSA) is 157 Å². The first-order valence-electron chi connectivity index (χ1n) is 15.9. The number of ether oxygens (including phenoxy) is 1. The number of sulfone groups is 1. The van der Waals surface area contributed by atoms with Crippen molar-refractivity contribution in [3.63, 3.8) is 0 Å². The van der Waals surface area contributed by atoms with Gasteiger partial charge >= 0.3 is 0 Å². The number of hydrogen-bond acceptors (Lipinski definition) is 12. The molecule has 0 aliphatic carbocycles. The van der Waals surface area contributed by atoms with Crippen LogP contribution in [0.3, 0.4) is 0 Å². The number of fused-ring (bicyclic) bond motifs is 2. The molecule has 11 nitrogen and oxygen atoms in total. The first-order chi connectivity index (χ1) is 22.7. The normalized spacial score (nSPS) is 17.6. The molecule has 1 N–H and O–H groups in total. The lowest BCUT2D eigenvalue weighted by Gasteiger charge is -2.23. The summed E-state index contributed by atoms with van der Waals surface area (Å²) >= 11 is 1.48. The van der Waals surface area contributed by atoms with Crippen molar-refractivity contribution >= 4 is 37.1 Å². The smallest absolute Gasteiger partial charge is 0.250 e. The van der Waals surface area contributed by atoms with Crippen LogP contribution in [-0.4, -0.2) is 52.5 Å². The molecule has 0 aromatic carbocycles. The van der Waals surface area contributed by atoms with Gasteiger partial charge in [0.05, 0.1) is 50.1 Å². The fraction of sp³-hybridized carbons (Fsp3) is 0.412. The maximum Gasteiger partial charge on any atom is 0.250 e. The van der Waals surface area contributed by atoms with Crippen molar-refractivity contribution in [2.45, 2.75) is 63.8 Å². The summed E-state index contributed by atoms with van der Waals surface area (Å²) in [5.74, 6) is 1.72. The molecule has 2 aliphatic rings. The summed E-state index contributed by atoms with van der Waals surface area (Å²) in [6, 6.07) is 9.58. The number of aromatic nitrogens is 5. The van der Waals surface area contributed by atoms with E-state index in [2.05, 4.69) is 45.4 Å². The third kappa shape index (κ3) is 6.13. The van der Waals surface area contributed by atoms with Crippen molar-refractivity contribution in [2.24, 2.45) is 11.8 Å². The van der Waals surface area contributed by atoms with Gasteiger partial charge in [0.1, 0.15) is 11.9 Å². The number of anilines is 1. The summed E-state index contributed by atoms with van der Waals surface area (Å²) in [7, 11) is -3.68. The van der Waals surface area contributed by atoms with Crippen molar-refractivity contribution in [1.29, 1.82) is 5.26 Å². The van der Waals surface area contributed by atoms with Crippen molar-refractivity contribution in [1.82, 2.24) is 25.1 Å². The van der Waals surface area contributed by atoms with Crippen LogP contribution in [-0.2, 0) is 27.5 Å². The molecule has 0 saturated carbocycles. The minimum absolute atomic E-state index is 0.0164. The average Bonchev–Trinajstić information content (AvgIpc) is 3.78. The lowest BCUT2D eigenvalue weighted by molar-refractivity contribution is 0.0639. The molecule has 5 aromatic heterocycles. The van der Waals surface area contributed by atoms with E-state index in [4.69, 9.17) is 19.4 Å². The summed E-state index contributed by atoms with van der Waals surface area (Å²) in [6.45, 7) is 7.76. The highest BCUT2D eigenvalue weighted by atomic mass is 32.2. The number of aryl methyl sites for hydroxylation is 2. The largest absolute Gasteiger partial charge is 0.421 e. The SMILES string of the molecule is Cc1nnc(-c2c(CCC3CCOCC3)nc3c(c2-c2cc4ccnc(NCc5ccc(C#N)cn5)c4s2)S(=O)(=O)C[C@H]3C(C)C)o1. The molecule has 1 saturated heterocycles. The van der Waals surface area contributed by atoms with E-state index in [1.54, 1.807) is 25.4 Å². The molecule has 7 rings (SSSR count). The van der Waals surface area contributed by atoms with Gasteiger partial charge in [-0.1, -0.05) is 13.8 Å². The van der Waals surface area contributed by atoms with Gasteiger partial charge in [0.15, 0.2) is 9.84 Å². The summed E-state index contributed by atoms with van der Waals surface area (Å²) in [4.78, 5) is 15.2. The molecule has 5 aromatic rings. The quantitative estimate of drug-likeness (QED) is 0.183. The van der Waals surface area contributed by atoms with Crippen molar-refractivity contribution in [3.05, 3.63) is 65.2 Å². The highest BCUT2D eigenvalue weighted by molar-refractivity contribution is 7.92. The molecule has 0 unspecified atom stereocenters. The number of nitriles is 1. The van der Waals surface area contributed by atoms with E-state index in [-0.39, 0.29) is 28.4 Å². The minimum atomic E-state index is -3.68. The molecule has 0 radical (unpaired) electrons. The van der Waals surface area contributed by atoms with Crippen LogP contribution in [0.25, 0.3) is 32.0 Å². The Morgan fingerprint density at radius 3 is 2.66 bits per heavy atom. The van der Waals surface area contributed by atoms with Crippen LogP contribution in [0.4, 0.5) is 5.82 Å². The van der Waals surface area contributed by atoms with Crippen LogP contribution in [0.2, 0.25) is 0 Å². The second kappa shape index (κ2) is 12.7. The first kappa shape index (κ1) is 31.4. The van der Waals surface area contributed by atoms with Crippen LogP contribution < -0.4 is 5.32 Å². The van der Waals surface area contributed by atoms with Crippen molar-refractivity contribution in [3.8, 4) is 28.0 Å². The van der Waals surface area contributed by atoms with Gasteiger partial charge in [-0.05, 0) is 67.2 Å². The Morgan fingerprint density at radius 1 is 1.13 bits per heavy atom. The maximum absolute atomic E-state index is 14.1. The number of thiophene rings is 1. The molecule has 2 aliphatic heterocycles. The van der Waals surface area contributed by atoms with E-state index in [1.807, 2.05) is 18.2 Å². The molecule has 1 fully saturated rings. The Hall–Kier alpha value is -4.25. The van der Waals surface area contributed by atoms with E-state index < -0.39 is 9.84 Å². The van der Waals surface area contributed by atoms with Gasteiger partial charge in [0.25, 0.3) is 0 Å². The Bertz CT molecular complexity index is 2090. The van der Waals surface area contributed by atoms with E-state index in [1.165, 1.54) is 11.3 Å². The highest BCUT2D eigenvalue weighted by Gasteiger charge is 2.43. The third-order valence-electron chi connectivity index (χ3n) is 9.06. The van der Waals surface area contributed by atoms with Gasteiger partial charge in [-0.15, -0.1) is 21.5 Å². The molecule has 0 amide bonds. The molecule has 1 atom stereocenters. The Labute approximate surface area is 277 Å². The second-order valence-electron chi connectivity index (χ2n) is 12.6. The van der Waals surface area contributed by atoms with Crippen molar-refractivity contribution in [2.75, 3.05) is 24.3 Å². The fourth-order valence-electron chi connectivity index (χ4n) is 6.51. The summed E-state index contributed by atoms with van der Waals surface area (Å²) < 4.78 is 40.7. The van der Waals surface area contributed by atoms with E-state index >= 15 is 0 Å². The van der Waals surface area contributed by atoms with Crippen LogP contribution in [0, 0.1) is 30.1 Å². The molecular weight excluding hydrogens is 635 g/mol. The number of nitrogens with zero attached hydrogens (tertiary/aromatic N) is 6. The molecule has 47 heavy (non-hydrogen) atoms. The molecule has 0 spiro atoms. The molecule has 13 heteroatoms. The standard InChI is InChI=1S/C34H35N7O4S2/c1-19(2)25-18-47(42,43)32-29(27-14-23-8-11-36-33(31(23)46-27)38-17-24-6-4-22(15-35)16-37-24)28(34-41-40-20(3)45-34)26(39-30(25)32)7-5-21-9-12-44-13-10-21/h4,6,8,11,14,16,19,21,25H,5,7,9-10,12-13,17-18H2,1-3H3,(H,36,38)/t25-/m0/s1. The predicted octanol–water partition coefficient (Wildman–Crippen LogP) is 6.48. The summed E-state index contributed by atoms with van der Waals surface area (Å²) in [6.07, 6.45) is 6.83. The summed E-state index contributed by atoms with van der Waals surface area (Å²) in [5, 5.41) is 22.0. The zero-order valence-electron chi connectivity index (χ0n) is 26.5. The van der Waals surface area contributed by atoms with E-state index in [0.29, 0.717) is 53.0 Å².